The van der Waals surface area contributed by atoms with Gasteiger partial charge < -0.3 is 18.4 Å². The number of hydrogen-bond donors (Lipinski definition) is 0. The van der Waals surface area contributed by atoms with Crippen LogP contribution >= 0.6 is 0 Å². The van der Waals surface area contributed by atoms with Gasteiger partial charge in [0.1, 0.15) is 11.5 Å². The maximum Gasteiger partial charge on any atom is 0.256 e. The molecule has 5 heterocycles. The summed E-state index contributed by atoms with van der Waals surface area (Å²) in [5.41, 5.74) is 12.0. The average Bonchev–Trinajstić information content (AvgIpc) is 3.11. The Bertz CT molecular complexity index is 4970. The molecule has 0 bridgehead atoms. The van der Waals surface area contributed by atoms with Crippen LogP contribution in [0, 0.1) is 0 Å². The molecule has 348 valence electrons. The molecule has 0 amide bonds. The van der Waals surface area contributed by atoms with Crippen LogP contribution in [0.25, 0.3) is 104 Å². The minimum absolute atomic E-state index is 0.0221. The lowest BCUT2D eigenvalue weighted by Gasteiger charge is -2.35. The van der Waals surface area contributed by atoms with Crippen molar-refractivity contribution in [1.29, 1.82) is 0 Å². The minimum Gasteiger partial charge on any atom is -0.458 e. The molecule has 13 aromatic rings. The Hall–Kier alpha value is -8.54. The fourth-order valence-corrected chi connectivity index (χ4v) is 12.2. The van der Waals surface area contributed by atoms with Crippen LogP contribution in [0.1, 0.15) is 63.6 Å². The molecule has 15 rings (SSSR count). The maximum absolute atomic E-state index is 9.27. The number of para-hydroxylation sites is 3. The third-order valence-electron chi connectivity index (χ3n) is 15.7. The predicted octanol–water partition coefficient (Wildman–Crippen LogP) is 15.9. The molecule has 10 aromatic carbocycles. The van der Waals surface area contributed by atoms with Crippen LogP contribution in [0.4, 0.5) is 0 Å². The van der Waals surface area contributed by atoms with Gasteiger partial charge in [0.25, 0.3) is 6.71 Å². The Morgan fingerprint density at radius 2 is 0.877 bits per heavy atom. The molecule has 0 N–H and O–H groups in total. The van der Waals surface area contributed by atoms with Gasteiger partial charge in [-0.15, -0.1) is 0 Å². The summed E-state index contributed by atoms with van der Waals surface area (Å²) in [5, 5.41) is 8.97. The summed E-state index contributed by atoms with van der Waals surface area (Å²) in [7, 11) is 0. The molecular weight excluding hydrogens is 886 g/mol. The van der Waals surface area contributed by atoms with E-state index < -0.39 is 24.2 Å². The van der Waals surface area contributed by atoms with Gasteiger partial charge in [0, 0.05) is 55.4 Å². The van der Waals surface area contributed by atoms with Crippen molar-refractivity contribution >= 4 is 110 Å². The van der Waals surface area contributed by atoms with Crippen molar-refractivity contribution in [2.24, 2.45) is 0 Å². The monoisotopic (exact) mass is 945 g/mol. The van der Waals surface area contributed by atoms with Crippen molar-refractivity contribution in [2.45, 2.75) is 52.4 Å². The van der Waals surface area contributed by atoms with E-state index >= 15 is 0 Å². The SMILES string of the molecule is [2H]c1c([2H])c([2H])c2c(c1[2H])c1c([2H])c([2H])c([2H])c([2H])c1n2-c1ccc2c(c1)Oc1ccc3c4ccccc4c4ccccc4c4ccccc4n4c3c1B2c1ccc(-n2c3ccc(C(C)(C)C)cc3c3cc(C(C)(C)C)ccc32)cc1-4. The smallest absolute Gasteiger partial charge is 0.256 e. The van der Waals surface area contributed by atoms with Crippen LogP contribution in [0.2, 0.25) is 0 Å². The molecule has 4 nitrogen and oxygen atoms in total. The Balaban J connectivity index is 1.08. The Morgan fingerprint density at radius 3 is 1.48 bits per heavy atom. The minimum atomic E-state index is -0.486. The summed E-state index contributed by atoms with van der Waals surface area (Å²) in [6, 6.07) is 53.3. The van der Waals surface area contributed by atoms with Crippen molar-refractivity contribution in [1.82, 2.24) is 13.7 Å². The topological polar surface area (TPSA) is 24.0 Å². The van der Waals surface area contributed by atoms with Crippen LogP contribution in [0.15, 0.2) is 206 Å². The van der Waals surface area contributed by atoms with Gasteiger partial charge in [-0.3, -0.25) is 0 Å². The lowest BCUT2D eigenvalue weighted by Crippen LogP contribution is -2.58. The van der Waals surface area contributed by atoms with E-state index in [2.05, 4.69) is 190 Å². The molecule has 2 aliphatic rings. The molecule has 3 aromatic heterocycles. The number of ether oxygens (including phenoxy) is 1. The lowest BCUT2D eigenvalue weighted by atomic mass is 9.34. The van der Waals surface area contributed by atoms with E-state index in [1.165, 1.54) is 21.9 Å². The third kappa shape index (κ3) is 6.03. The average molecular weight is 946 g/mol. The van der Waals surface area contributed by atoms with Crippen molar-refractivity contribution in [2.75, 3.05) is 0 Å². The van der Waals surface area contributed by atoms with Crippen LogP contribution in [-0.2, 0) is 10.8 Å². The van der Waals surface area contributed by atoms with E-state index in [1.54, 1.807) is 4.57 Å². The zero-order valence-electron chi connectivity index (χ0n) is 49.3. The normalized spacial score (nSPS) is 14.7. The molecule has 0 atom stereocenters. The molecule has 0 saturated carbocycles. The second-order valence-corrected chi connectivity index (χ2v) is 21.9. The van der Waals surface area contributed by atoms with Gasteiger partial charge in [0.05, 0.1) is 44.1 Å². The molecule has 0 saturated heterocycles. The van der Waals surface area contributed by atoms with Crippen LogP contribution in [0.5, 0.6) is 11.5 Å². The van der Waals surface area contributed by atoms with E-state index in [0.29, 0.717) is 17.2 Å². The number of fused-ring (bicyclic) bond motifs is 18. The van der Waals surface area contributed by atoms with Gasteiger partial charge in [-0.2, -0.15) is 0 Å². The standard InChI is InChI=1S/C68H52BN3O/c1-67(2,3)41-27-34-60-53(37-41)54-38-42(68(4,5)6)28-35-61(54)70(60)43-29-32-55-62(39-43)72-59-26-16-11-21-49(59)47-19-9-7-17-45(47)46-18-8-10-20-48(46)52-31-36-63-65(66(52)72)69(55)56-33-30-44(40-64(56)73-63)71-57-24-14-12-22-50(57)51-23-13-15-25-58(51)71/h7-40H,1-6H3/i12D,13D,14D,15D,22D,23D,24D,25D. The molecule has 5 heteroatoms. The lowest BCUT2D eigenvalue weighted by molar-refractivity contribution is 0.487. The van der Waals surface area contributed by atoms with E-state index in [9.17, 15) is 2.74 Å². The molecule has 0 fully saturated rings. The number of aromatic nitrogens is 3. The molecule has 0 aliphatic carbocycles. The quantitative estimate of drug-likeness (QED) is 0.158. The molecule has 0 spiro atoms. The highest BCUT2D eigenvalue weighted by molar-refractivity contribution is 6.99. The van der Waals surface area contributed by atoms with Gasteiger partial charge in [-0.05, 0) is 133 Å². The van der Waals surface area contributed by atoms with E-state index in [0.717, 1.165) is 82.1 Å². The fraction of sp³-hybridized carbons (Fsp3) is 0.118. The maximum atomic E-state index is 9.27. The molecular formula is C68H52BN3O. The number of nitrogens with zero attached hydrogens (tertiary/aromatic N) is 3. The van der Waals surface area contributed by atoms with Crippen molar-refractivity contribution < 1.29 is 15.7 Å². The Labute approximate surface area is 435 Å². The van der Waals surface area contributed by atoms with Crippen LogP contribution < -0.4 is 21.1 Å². The first-order chi connectivity index (χ1) is 38.8. The Morgan fingerprint density at radius 1 is 0.384 bits per heavy atom. The second-order valence-electron chi connectivity index (χ2n) is 21.9. The van der Waals surface area contributed by atoms with Gasteiger partial charge in [0.15, 0.2) is 0 Å². The summed E-state index contributed by atoms with van der Waals surface area (Å²) in [6.07, 6.45) is 0. The second kappa shape index (κ2) is 15.0. The van der Waals surface area contributed by atoms with E-state index in [-0.39, 0.29) is 63.5 Å². The van der Waals surface area contributed by atoms with Gasteiger partial charge in [0.2, 0.25) is 0 Å². The van der Waals surface area contributed by atoms with Crippen molar-refractivity contribution in [3.8, 4) is 28.6 Å². The van der Waals surface area contributed by atoms with Crippen LogP contribution in [0.3, 0.4) is 0 Å². The number of benzene rings is 10. The number of rotatable bonds is 2. The van der Waals surface area contributed by atoms with E-state index in [1.807, 2.05) is 18.2 Å². The summed E-state index contributed by atoms with van der Waals surface area (Å²) in [5.74, 6) is 1.15. The highest BCUT2D eigenvalue weighted by Gasteiger charge is 2.40. The van der Waals surface area contributed by atoms with Gasteiger partial charge in [-0.1, -0.05) is 169 Å². The first-order valence-corrected chi connectivity index (χ1v) is 25.1. The first kappa shape index (κ1) is 34.7. The largest absolute Gasteiger partial charge is 0.458 e. The highest BCUT2D eigenvalue weighted by atomic mass is 16.5. The zero-order valence-corrected chi connectivity index (χ0v) is 41.3. The van der Waals surface area contributed by atoms with Crippen molar-refractivity contribution in [3.05, 3.63) is 217 Å². The van der Waals surface area contributed by atoms with E-state index in [4.69, 9.17) is 13.0 Å². The number of hydrogen-bond acceptors (Lipinski definition) is 1. The summed E-state index contributed by atoms with van der Waals surface area (Å²) < 4.78 is 85.3. The third-order valence-corrected chi connectivity index (χ3v) is 15.7. The summed E-state index contributed by atoms with van der Waals surface area (Å²) >= 11 is 0. The molecule has 0 radical (unpaired) electrons. The zero-order chi connectivity index (χ0) is 56.0. The highest BCUT2D eigenvalue weighted by Crippen LogP contribution is 2.42. The first-order valence-electron chi connectivity index (χ1n) is 29.1. The Kier molecular flexibility index (Phi) is 7.14. The fourth-order valence-electron chi connectivity index (χ4n) is 12.2. The molecule has 0 unspecified atom stereocenters. The van der Waals surface area contributed by atoms with Crippen LogP contribution in [-0.4, -0.2) is 20.4 Å². The summed E-state index contributed by atoms with van der Waals surface area (Å²) in [4.78, 5) is 0. The predicted molar refractivity (Wildman–Crippen MR) is 311 cm³/mol. The van der Waals surface area contributed by atoms with Gasteiger partial charge >= 0.3 is 0 Å². The van der Waals surface area contributed by atoms with Gasteiger partial charge in [-0.25, -0.2) is 0 Å². The van der Waals surface area contributed by atoms with Crippen molar-refractivity contribution in [3.63, 3.8) is 0 Å². The molecule has 2 aliphatic heterocycles. The summed E-state index contributed by atoms with van der Waals surface area (Å²) in [6.45, 7) is 13.2. The molecule has 73 heavy (non-hydrogen) atoms.